The van der Waals surface area contributed by atoms with Crippen LogP contribution in [0.3, 0.4) is 0 Å². The molecule has 3 heterocycles. The SMILES string of the molecule is CN1C(=O)c2c(c3c4cc(Br)ccc4[nH]c3c3[nH]c4ccc(Br)cc4c23)C1=O. The van der Waals surface area contributed by atoms with E-state index < -0.39 is 0 Å². The van der Waals surface area contributed by atoms with Crippen molar-refractivity contribution in [2.45, 2.75) is 0 Å². The van der Waals surface area contributed by atoms with E-state index >= 15 is 0 Å². The molecule has 1 aliphatic heterocycles. The molecular weight excluding hydrogens is 486 g/mol. The van der Waals surface area contributed by atoms with Gasteiger partial charge in [0.25, 0.3) is 11.8 Å². The van der Waals surface area contributed by atoms with Crippen LogP contribution in [0.25, 0.3) is 43.6 Å². The highest BCUT2D eigenvalue weighted by atomic mass is 79.9. The maximum atomic E-state index is 13.1. The molecule has 1 aliphatic rings. The second-order valence-electron chi connectivity index (χ2n) is 7.05. The number of hydrogen-bond donors (Lipinski definition) is 2. The van der Waals surface area contributed by atoms with Crippen molar-refractivity contribution in [3.63, 3.8) is 0 Å². The lowest BCUT2D eigenvalue weighted by Crippen LogP contribution is -2.24. The zero-order valence-corrected chi connectivity index (χ0v) is 17.7. The summed E-state index contributed by atoms with van der Waals surface area (Å²) in [5.41, 5.74) is 4.46. The average molecular weight is 497 g/mol. The third kappa shape index (κ3) is 1.85. The first-order valence-electron chi connectivity index (χ1n) is 8.66. The molecule has 0 bridgehead atoms. The Morgan fingerprint density at radius 1 is 0.750 bits per heavy atom. The van der Waals surface area contributed by atoms with Gasteiger partial charge in [0.2, 0.25) is 0 Å². The fourth-order valence-electron chi connectivity index (χ4n) is 4.33. The van der Waals surface area contributed by atoms with Crippen LogP contribution in [0.1, 0.15) is 20.7 Å². The van der Waals surface area contributed by atoms with Gasteiger partial charge in [0.15, 0.2) is 0 Å². The highest BCUT2D eigenvalue weighted by molar-refractivity contribution is 9.10. The van der Waals surface area contributed by atoms with E-state index in [9.17, 15) is 9.59 Å². The summed E-state index contributed by atoms with van der Waals surface area (Å²) in [4.78, 5) is 34.3. The van der Waals surface area contributed by atoms with Crippen molar-refractivity contribution < 1.29 is 9.59 Å². The van der Waals surface area contributed by atoms with Crippen LogP contribution in [-0.4, -0.2) is 33.7 Å². The van der Waals surface area contributed by atoms with Crippen molar-refractivity contribution >= 4 is 87.3 Å². The van der Waals surface area contributed by atoms with E-state index in [1.54, 1.807) is 0 Å². The zero-order valence-electron chi connectivity index (χ0n) is 14.5. The Bertz CT molecular complexity index is 1430. The number of fused-ring (bicyclic) bond motifs is 10. The quantitative estimate of drug-likeness (QED) is 0.270. The molecule has 0 spiro atoms. The average Bonchev–Trinajstić information content (AvgIpc) is 3.29. The first-order valence-corrected chi connectivity index (χ1v) is 10.2. The summed E-state index contributed by atoms with van der Waals surface area (Å²) in [7, 11) is 1.54. The molecule has 0 fully saturated rings. The molecule has 2 N–H and O–H groups in total. The Balaban J connectivity index is 1.99. The number of nitrogens with one attached hydrogen (secondary N) is 2. The Hall–Kier alpha value is -2.64. The smallest absolute Gasteiger partial charge is 0.262 e. The minimum Gasteiger partial charge on any atom is -0.353 e. The lowest BCUT2D eigenvalue weighted by Gasteiger charge is -2.03. The number of H-pyrrole nitrogens is 2. The molecule has 2 aromatic heterocycles. The number of imide groups is 1. The zero-order chi connectivity index (χ0) is 19.3. The van der Waals surface area contributed by atoms with E-state index in [0.717, 1.165) is 52.6 Å². The molecule has 0 aliphatic carbocycles. The lowest BCUT2D eigenvalue weighted by atomic mass is 9.97. The van der Waals surface area contributed by atoms with Crippen LogP contribution in [0.4, 0.5) is 0 Å². The van der Waals surface area contributed by atoms with E-state index in [-0.39, 0.29) is 11.8 Å². The van der Waals surface area contributed by atoms with Gasteiger partial charge < -0.3 is 9.97 Å². The number of aromatic nitrogens is 2. The van der Waals surface area contributed by atoms with Crippen LogP contribution >= 0.6 is 31.9 Å². The minimum atomic E-state index is -0.267. The number of carbonyl (C=O) groups excluding carboxylic acids is 2. The van der Waals surface area contributed by atoms with Crippen LogP contribution in [-0.2, 0) is 0 Å². The minimum absolute atomic E-state index is 0.267. The van der Waals surface area contributed by atoms with Crippen molar-refractivity contribution in [3.05, 3.63) is 56.5 Å². The number of rotatable bonds is 0. The van der Waals surface area contributed by atoms with E-state index in [4.69, 9.17) is 0 Å². The number of hydrogen-bond acceptors (Lipinski definition) is 2. The summed E-state index contributed by atoms with van der Waals surface area (Å²) in [5, 5.41) is 3.40. The van der Waals surface area contributed by atoms with Gasteiger partial charge >= 0.3 is 0 Å². The van der Waals surface area contributed by atoms with Gasteiger partial charge in [-0.2, -0.15) is 0 Å². The molecular formula is C21H11Br2N3O2. The molecule has 0 saturated heterocycles. The summed E-state index contributed by atoms with van der Waals surface area (Å²) in [6.45, 7) is 0. The van der Waals surface area contributed by atoms with E-state index in [0.29, 0.717) is 11.1 Å². The Labute approximate surface area is 174 Å². The molecule has 2 amide bonds. The second kappa shape index (κ2) is 5.24. The van der Waals surface area contributed by atoms with Gasteiger partial charge in [-0.3, -0.25) is 14.5 Å². The maximum absolute atomic E-state index is 13.1. The summed E-state index contributed by atoms with van der Waals surface area (Å²) in [6.07, 6.45) is 0. The summed E-state index contributed by atoms with van der Waals surface area (Å²) >= 11 is 7.04. The van der Waals surface area contributed by atoms with Gasteiger partial charge in [-0.25, -0.2) is 0 Å². The van der Waals surface area contributed by atoms with Crippen molar-refractivity contribution in [2.75, 3.05) is 7.05 Å². The fraction of sp³-hybridized carbons (Fsp3) is 0.0476. The number of amides is 2. The summed E-state index contributed by atoms with van der Waals surface area (Å²) in [5.74, 6) is -0.533. The predicted octanol–water partition coefficient (Wildman–Crippen LogP) is 5.71. The second-order valence-corrected chi connectivity index (χ2v) is 8.88. The standard InChI is InChI=1S/C21H11Br2N3O2/c1-26-20(27)16-14-10-6-8(22)2-4-12(10)24-18(14)19-15(17(16)21(26)28)11-7-9(23)3-5-13(11)25-19/h2-7,24-25H,1H3. The number of halogens is 2. The van der Waals surface area contributed by atoms with E-state index in [1.165, 1.54) is 11.9 Å². The van der Waals surface area contributed by atoms with Crippen molar-refractivity contribution in [1.29, 1.82) is 0 Å². The maximum Gasteiger partial charge on any atom is 0.262 e. The number of benzene rings is 3. The Kier molecular flexibility index (Phi) is 3.06. The van der Waals surface area contributed by atoms with Crippen molar-refractivity contribution in [3.8, 4) is 0 Å². The Morgan fingerprint density at radius 2 is 1.18 bits per heavy atom. The van der Waals surface area contributed by atoms with Crippen LogP contribution in [0.5, 0.6) is 0 Å². The van der Waals surface area contributed by atoms with Crippen LogP contribution in [0, 0.1) is 0 Å². The molecule has 6 rings (SSSR count). The van der Waals surface area contributed by atoms with Crippen LogP contribution in [0.2, 0.25) is 0 Å². The third-order valence-electron chi connectivity index (χ3n) is 5.56. The van der Waals surface area contributed by atoms with Gasteiger partial charge in [0, 0.05) is 48.6 Å². The molecule has 0 radical (unpaired) electrons. The van der Waals surface area contributed by atoms with Crippen LogP contribution < -0.4 is 0 Å². The number of aromatic amines is 2. The topological polar surface area (TPSA) is 69.0 Å². The highest BCUT2D eigenvalue weighted by Crippen LogP contribution is 2.44. The molecule has 0 saturated carbocycles. The molecule has 5 aromatic rings. The van der Waals surface area contributed by atoms with Gasteiger partial charge in [0.05, 0.1) is 22.2 Å². The molecule has 7 heteroatoms. The van der Waals surface area contributed by atoms with E-state index in [2.05, 4.69) is 41.8 Å². The van der Waals surface area contributed by atoms with Crippen molar-refractivity contribution in [2.24, 2.45) is 0 Å². The number of nitrogens with zero attached hydrogens (tertiary/aromatic N) is 1. The van der Waals surface area contributed by atoms with Gasteiger partial charge in [-0.05, 0) is 36.4 Å². The fourth-order valence-corrected chi connectivity index (χ4v) is 5.05. The third-order valence-corrected chi connectivity index (χ3v) is 6.54. The van der Waals surface area contributed by atoms with Gasteiger partial charge in [-0.1, -0.05) is 31.9 Å². The summed E-state index contributed by atoms with van der Waals surface area (Å²) in [6, 6.07) is 11.8. The molecule has 3 aromatic carbocycles. The largest absolute Gasteiger partial charge is 0.353 e. The first kappa shape index (κ1) is 16.3. The predicted molar refractivity (Wildman–Crippen MR) is 117 cm³/mol. The summed E-state index contributed by atoms with van der Waals surface area (Å²) < 4.78 is 1.83. The molecule has 136 valence electrons. The molecule has 0 atom stereocenters. The Morgan fingerprint density at radius 3 is 1.61 bits per heavy atom. The molecule has 5 nitrogen and oxygen atoms in total. The molecule has 0 unspecified atom stereocenters. The van der Waals surface area contributed by atoms with Crippen LogP contribution in [0.15, 0.2) is 45.3 Å². The normalized spacial score (nSPS) is 14.3. The number of carbonyl (C=O) groups is 2. The van der Waals surface area contributed by atoms with E-state index in [1.807, 2.05) is 36.4 Å². The first-order chi connectivity index (χ1) is 13.5. The molecule has 28 heavy (non-hydrogen) atoms. The monoisotopic (exact) mass is 495 g/mol. The highest BCUT2D eigenvalue weighted by Gasteiger charge is 2.38. The van der Waals surface area contributed by atoms with Gasteiger partial charge in [-0.15, -0.1) is 0 Å². The van der Waals surface area contributed by atoms with Crippen molar-refractivity contribution in [1.82, 2.24) is 14.9 Å². The van der Waals surface area contributed by atoms with Gasteiger partial charge in [0.1, 0.15) is 0 Å². The lowest BCUT2D eigenvalue weighted by molar-refractivity contribution is 0.0694.